The first-order valence-electron chi connectivity index (χ1n) is 5.25. The van der Waals surface area contributed by atoms with E-state index in [1.807, 2.05) is 0 Å². The molecule has 0 aliphatic heterocycles. The summed E-state index contributed by atoms with van der Waals surface area (Å²) in [6, 6.07) is 6.95. The Morgan fingerprint density at radius 1 is 1.20 bits per heavy atom. The molecule has 0 bridgehead atoms. The third-order valence-electron chi connectivity index (χ3n) is 2.61. The number of aromatic hydroxyl groups is 2. The van der Waals surface area contributed by atoms with Crippen LogP contribution in [0.3, 0.4) is 0 Å². The minimum absolute atomic E-state index is 0.00972. The van der Waals surface area contributed by atoms with E-state index >= 15 is 0 Å². The number of nitrogens with zero attached hydrogens (tertiary/aromatic N) is 2. The Hall–Kier alpha value is -1.43. The fraction of sp³-hybridized carbons (Fsp3) is 0.0833. The molecule has 2 rings (SSSR count). The molecular formula is C12H10ClN3NiO2S-. The maximum atomic E-state index is 9.97. The zero-order valence-electron chi connectivity index (χ0n) is 10.2. The summed E-state index contributed by atoms with van der Waals surface area (Å²) in [5.74, 6) is -0.151. The number of rotatable bonds is 1. The SMILES string of the molecule is Cc1c(O)c(N=NC(=N)[S-])c2ccccc2c1O.[Cl][Ni]. The third-order valence-corrected chi connectivity index (χ3v) is 2.69. The monoisotopic (exact) mass is 353 g/mol. The quantitative estimate of drug-likeness (QED) is 0.239. The van der Waals surface area contributed by atoms with Crippen molar-refractivity contribution in [3.63, 3.8) is 0 Å². The van der Waals surface area contributed by atoms with E-state index in [1.165, 1.54) is 0 Å². The fourth-order valence-corrected chi connectivity index (χ4v) is 1.75. The Bertz CT molecular complexity index is 679. The average molecular weight is 354 g/mol. The van der Waals surface area contributed by atoms with Crippen LogP contribution < -0.4 is 0 Å². The predicted molar refractivity (Wildman–Crippen MR) is 77.5 cm³/mol. The van der Waals surface area contributed by atoms with Gasteiger partial charge in [0, 0.05) is 21.5 Å². The van der Waals surface area contributed by atoms with Crippen LogP contribution in [0, 0.1) is 12.3 Å². The zero-order chi connectivity index (χ0) is 15.3. The van der Waals surface area contributed by atoms with Crippen molar-refractivity contribution in [2.75, 3.05) is 0 Å². The van der Waals surface area contributed by atoms with Gasteiger partial charge in [0.2, 0.25) is 0 Å². The van der Waals surface area contributed by atoms with Crippen molar-refractivity contribution >= 4 is 44.5 Å². The van der Waals surface area contributed by atoms with Crippen LogP contribution in [0.2, 0.25) is 0 Å². The number of azo groups is 1. The molecule has 3 N–H and O–H groups in total. The van der Waals surface area contributed by atoms with Crippen molar-refractivity contribution in [1.82, 2.24) is 0 Å². The normalized spacial score (nSPS) is 10.4. The molecule has 0 saturated heterocycles. The zero-order valence-corrected chi connectivity index (χ0v) is 12.8. The van der Waals surface area contributed by atoms with Crippen LogP contribution in [-0.4, -0.2) is 15.4 Å². The number of amidine groups is 1. The molecule has 0 aliphatic carbocycles. The van der Waals surface area contributed by atoms with Gasteiger partial charge in [-0.1, -0.05) is 24.3 Å². The molecule has 0 amide bonds. The second-order valence-corrected chi connectivity index (χ2v) is 4.11. The van der Waals surface area contributed by atoms with E-state index in [0.29, 0.717) is 16.3 Å². The Morgan fingerprint density at radius 2 is 1.75 bits per heavy atom. The Kier molecular flexibility index (Phi) is 6.14. The second-order valence-electron chi connectivity index (χ2n) is 3.72. The van der Waals surface area contributed by atoms with E-state index in [1.54, 1.807) is 31.2 Å². The number of hydrogen-bond acceptors (Lipinski definition) is 5. The van der Waals surface area contributed by atoms with Gasteiger partial charge in [-0.3, -0.25) is 0 Å². The van der Waals surface area contributed by atoms with E-state index in [9.17, 15) is 10.2 Å². The van der Waals surface area contributed by atoms with Crippen LogP contribution in [0.15, 0.2) is 34.5 Å². The molecule has 0 unspecified atom stereocenters. The molecule has 20 heavy (non-hydrogen) atoms. The first-order valence-corrected chi connectivity index (χ1v) is 7.01. The Morgan fingerprint density at radius 3 is 2.30 bits per heavy atom. The second kappa shape index (κ2) is 7.38. The molecule has 0 radical (unpaired) electrons. The molecule has 0 spiro atoms. The first-order chi connectivity index (χ1) is 9.52. The molecule has 0 atom stereocenters. The van der Waals surface area contributed by atoms with Crippen molar-refractivity contribution in [1.29, 1.82) is 5.41 Å². The number of nitrogens with one attached hydrogen (secondary N) is 1. The molecule has 0 saturated carbocycles. The Balaban J connectivity index is 0.000000956. The van der Waals surface area contributed by atoms with E-state index in [-0.39, 0.29) is 22.4 Å². The van der Waals surface area contributed by atoms with Crippen LogP contribution in [0.1, 0.15) is 5.56 Å². The van der Waals surface area contributed by atoms with Gasteiger partial charge in [0.1, 0.15) is 17.2 Å². The molecule has 5 nitrogen and oxygen atoms in total. The summed E-state index contributed by atoms with van der Waals surface area (Å²) in [7, 11) is 4.26. The number of halogens is 1. The molecule has 0 heterocycles. The number of fused-ring (bicyclic) bond motifs is 1. The van der Waals surface area contributed by atoms with Crippen LogP contribution in [0.4, 0.5) is 5.69 Å². The molecule has 2 aromatic rings. The van der Waals surface area contributed by atoms with Gasteiger partial charge in [-0.25, -0.2) is 0 Å². The van der Waals surface area contributed by atoms with Gasteiger partial charge in [0.25, 0.3) is 0 Å². The summed E-state index contributed by atoms with van der Waals surface area (Å²) in [5.41, 5.74) is 0.522. The number of phenolic OH excluding ortho intramolecular Hbond substituents is 2. The number of hydrogen-bond donors (Lipinski definition) is 3. The van der Waals surface area contributed by atoms with Crippen LogP contribution in [0.5, 0.6) is 11.5 Å². The van der Waals surface area contributed by atoms with Gasteiger partial charge in [0.15, 0.2) is 0 Å². The maximum absolute atomic E-state index is 9.97. The minimum atomic E-state index is -0.371. The molecular weight excluding hydrogens is 344 g/mol. The van der Waals surface area contributed by atoms with Gasteiger partial charge >= 0.3 is 24.8 Å². The summed E-state index contributed by atoms with van der Waals surface area (Å²) in [6.45, 7) is 1.58. The summed E-state index contributed by atoms with van der Waals surface area (Å²) in [6.07, 6.45) is 0. The molecule has 8 heteroatoms. The number of benzene rings is 2. The van der Waals surface area contributed by atoms with Gasteiger partial charge < -0.3 is 28.3 Å². The van der Waals surface area contributed by atoms with Crippen LogP contribution in [-0.2, 0) is 27.2 Å². The van der Waals surface area contributed by atoms with Gasteiger partial charge in [-0.05, 0) is 6.92 Å². The molecule has 2 aromatic carbocycles. The predicted octanol–water partition coefficient (Wildman–Crippen LogP) is 3.81. The standard InChI is InChI=1S/C12H11N3O2S.ClH.Ni/c1-6-10(16)8-5-3-2-4-7(8)9(11(6)17)14-15-12(13)18;;/h2-5,16-17H,1H3,(H2,13,18);1H;/q;;+1/p-2. The van der Waals surface area contributed by atoms with Gasteiger partial charge in [0.05, 0.1) is 0 Å². The van der Waals surface area contributed by atoms with E-state index in [2.05, 4.69) is 47.6 Å². The van der Waals surface area contributed by atoms with Crippen molar-refractivity contribution in [3.8, 4) is 11.5 Å². The van der Waals surface area contributed by atoms with Crippen molar-refractivity contribution in [2.45, 2.75) is 6.92 Å². The molecule has 0 aliphatic rings. The Labute approximate surface area is 133 Å². The first kappa shape index (κ1) is 16.6. The van der Waals surface area contributed by atoms with Crippen molar-refractivity contribution < 1.29 is 24.8 Å². The van der Waals surface area contributed by atoms with Crippen LogP contribution in [0.25, 0.3) is 10.8 Å². The summed E-state index contributed by atoms with van der Waals surface area (Å²) >= 11 is 7.84. The van der Waals surface area contributed by atoms with Crippen molar-refractivity contribution in [3.05, 3.63) is 29.8 Å². The fourth-order valence-electron chi connectivity index (χ4n) is 1.71. The van der Waals surface area contributed by atoms with Crippen molar-refractivity contribution in [2.24, 2.45) is 10.2 Å². The average Bonchev–Trinajstić information content (AvgIpc) is 2.47. The summed E-state index contributed by atoms with van der Waals surface area (Å²) < 4.78 is 0. The summed E-state index contributed by atoms with van der Waals surface area (Å²) in [5, 5.41) is 34.9. The van der Waals surface area contributed by atoms with E-state index in [0.717, 1.165) is 0 Å². The number of phenols is 2. The summed E-state index contributed by atoms with van der Waals surface area (Å²) in [4.78, 5) is 0. The van der Waals surface area contributed by atoms with E-state index in [4.69, 9.17) is 5.41 Å². The van der Waals surface area contributed by atoms with Gasteiger partial charge in [-0.15, -0.1) is 5.11 Å². The molecule has 109 valence electrons. The van der Waals surface area contributed by atoms with E-state index < -0.39 is 0 Å². The van der Waals surface area contributed by atoms with Crippen LogP contribution >= 0.6 is 10.2 Å². The third kappa shape index (κ3) is 3.36. The molecule has 0 aromatic heterocycles. The molecule has 0 fully saturated rings. The topological polar surface area (TPSA) is 89.0 Å². The van der Waals surface area contributed by atoms with Gasteiger partial charge in [-0.2, -0.15) is 5.11 Å².